The maximum atomic E-state index is 5.71. The first-order chi connectivity index (χ1) is 9.49. The first-order valence-electron chi connectivity index (χ1n) is 5.83. The fraction of sp³-hybridized carbons (Fsp3) is 0.250. The lowest BCUT2D eigenvalue weighted by Crippen LogP contribution is -2.17. The van der Waals surface area contributed by atoms with Crippen molar-refractivity contribution in [3.8, 4) is 11.8 Å². The summed E-state index contributed by atoms with van der Waals surface area (Å²) in [7, 11) is 3.65. The van der Waals surface area contributed by atoms with Crippen LogP contribution in [0.1, 0.15) is 5.56 Å². The van der Waals surface area contributed by atoms with Gasteiger partial charge in [-0.05, 0) is 24.6 Å². The number of aryl methyl sites for hydroxylation is 1. The predicted octanol–water partition coefficient (Wildman–Crippen LogP) is 2.09. The number of hydrazine groups is 1. The molecule has 20 heavy (non-hydrogen) atoms. The van der Waals surface area contributed by atoms with Gasteiger partial charge in [-0.1, -0.05) is 22.0 Å². The molecular weight excluding hydrogens is 324 g/mol. The lowest BCUT2D eigenvalue weighted by Gasteiger charge is -2.13. The van der Waals surface area contributed by atoms with Crippen LogP contribution in [0.5, 0.6) is 11.8 Å². The molecule has 106 valence electrons. The third-order valence-corrected chi connectivity index (χ3v) is 2.98. The van der Waals surface area contributed by atoms with Crippen molar-refractivity contribution in [2.75, 3.05) is 24.4 Å². The second kappa shape index (κ2) is 6.02. The van der Waals surface area contributed by atoms with Gasteiger partial charge in [0.2, 0.25) is 11.9 Å². The Labute approximate surface area is 125 Å². The van der Waals surface area contributed by atoms with Gasteiger partial charge in [0.1, 0.15) is 5.75 Å². The molecule has 0 atom stereocenters. The van der Waals surface area contributed by atoms with E-state index in [1.807, 2.05) is 39.2 Å². The Kier molecular flexibility index (Phi) is 4.35. The van der Waals surface area contributed by atoms with Gasteiger partial charge >= 0.3 is 6.01 Å². The van der Waals surface area contributed by atoms with Crippen LogP contribution in [0.2, 0.25) is 0 Å². The molecule has 0 radical (unpaired) electrons. The normalized spacial score (nSPS) is 10.2. The van der Waals surface area contributed by atoms with Crippen LogP contribution in [0.4, 0.5) is 11.9 Å². The third kappa shape index (κ3) is 3.34. The maximum absolute atomic E-state index is 5.71. The molecule has 0 saturated carbocycles. The predicted molar refractivity (Wildman–Crippen MR) is 80.9 cm³/mol. The van der Waals surface area contributed by atoms with Crippen LogP contribution in [0.3, 0.4) is 0 Å². The van der Waals surface area contributed by atoms with Crippen molar-refractivity contribution in [2.24, 2.45) is 5.84 Å². The molecule has 0 aliphatic heterocycles. The summed E-state index contributed by atoms with van der Waals surface area (Å²) in [5, 5.41) is 0. The molecular formula is C12H15BrN6O. The Morgan fingerprint density at radius 1 is 1.25 bits per heavy atom. The quantitative estimate of drug-likeness (QED) is 0.651. The van der Waals surface area contributed by atoms with Gasteiger partial charge in [0.25, 0.3) is 0 Å². The molecule has 3 N–H and O–H groups in total. The van der Waals surface area contributed by atoms with Crippen molar-refractivity contribution in [1.82, 2.24) is 15.0 Å². The SMILES string of the molecule is Cc1ccc(Br)cc1Oc1nc(NN)nc(N(C)C)n1. The summed E-state index contributed by atoms with van der Waals surface area (Å²) >= 11 is 3.40. The van der Waals surface area contributed by atoms with Crippen LogP contribution in [-0.4, -0.2) is 29.0 Å². The van der Waals surface area contributed by atoms with Gasteiger partial charge in [0, 0.05) is 18.6 Å². The molecule has 0 aliphatic carbocycles. The summed E-state index contributed by atoms with van der Waals surface area (Å²) < 4.78 is 6.62. The molecule has 0 amide bonds. The highest BCUT2D eigenvalue weighted by atomic mass is 79.9. The van der Waals surface area contributed by atoms with Crippen molar-refractivity contribution in [2.45, 2.75) is 6.92 Å². The van der Waals surface area contributed by atoms with Crippen LogP contribution in [0.25, 0.3) is 0 Å². The summed E-state index contributed by atoms with van der Waals surface area (Å²) in [5.74, 6) is 6.71. The number of rotatable bonds is 4. The molecule has 0 spiro atoms. The minimum Gasteiger partial charge on any atom is -0.424 e. The average molecular weight is 339 g/mol. The van der Waals surface area contributed by atoms with Crippen molar-refractivity contribution < 1.29 is 4.74 Å². The molecule has 2 aromatic rings. The van der Waals surface area contributed by atoms with Crippen LogP contribution in [0, 0.1) is 6.92 Å². The number of nitrogens with zero attached hydrogens (tertiary/aromatic N) is 4. The van der Waals surface area contributed by atoms with Crippen LogP contribution < -0.4 is 20.9 Å². The highest BCUT2D eigenvalue weighted by Gasteiger charge is 2.10. The van der Waals surface area contributed by atoms with Crippen molar-refractivity contribution in [3.63, 3.8) is 0 Å². The van der Waals surface area contributed by atoms with Crippen LogP contribution in [-0.2, 0) is 0 Å². The van der Waals surface area contributed by atoms with Gasteiger partial charge in [0.15, 0.2) is 0 Å². The number of nitrogens with one attached hydrogen (secondary N) is 1. The Morgan fingerprint density at radius 3 is 2.65 bits per heavy atom. The first-order valence-corrected chi connectivity index (χ1v) is 6.63. The third-order valence-electron chi connectivity index (χ3n) is 2.48. The topological polar surface area (TPSA) is 89.2 Å². The number of aromatic nitrogens is 3. The molecule has 1 heterocycles. The van der Waals surface area contributed by atoms with Crippen molar-refractivity contribution in [1.29, 1.82) is 0 Å². The largest absolute Gasteiger partial charge is 0.424 e. The molecule has 0 unspecified atom stereocenters. The second-order valence-corrected chi connectivity index (χ2v) is 5.21. The van der Waals surface area contributed by atoms with Gasteiger partial charge in [-0.3, -0.25) is 5.43 Å². The van der Waals surface area contributed by atoms with E-state index in [1.165, 1.54) is 0 Å². The zero-order valence-corrected chi connectivity index (χ0v) is 13.0. The summed E-state index contributed by atoms with van der Waals surface area (Å²) in [6.45, 7) is 1.94. The van der Waals surface area contributed by atoms with Gasteiger partial charge in [-0.15, -0.1) is 0 Å². The zero-order valence-electron chi connectivity index (χ0n) is 11.4. The smallest absolute Gasteiger partial charge is 0.328 e. The molecule has 1 aromatic carbocycles. The van der Waals surface area contributed by atoms with E-state index in [4.69, 9.17) is 10.6 Å². The van der Waals surface area contributed by atoms with E-state index in [9.17, 15) is 0 Å². The highest BCUT2D eigenvalue weighted by molar-refractivity contribution is 9.10. The van der Waals surface area contributed by atoms with E-state index in [1.54, 1.807) is 4.90 Å². The Bertz CT molecular complexity index is 619. The molecule has 0 saturated heterocycles. The molecule has 0 bridgehead atoms. The van der Waals surface area contributed by atoms with Gasteiger partial charge < -0.3 is 9.64 Å². The van der Waals surface area contributed by atoms with E-state index in [2.05, 4.69) is 36.3 Å². The number of hydrogen-bond acceptors (Lipinski definition) is 7. The van der Waals surface area contributed by atoms with E-state index in [0.29, 0.717) is 11.7 Å². The number of ether oxygens (including phenoxy) is 1. The van der Waals surface area contributed by atoms with E-state index < -0.39 is 0 Å². The standard InChI is InChI=1S/C12H15BrN6O/c1-7-4-5-8(13)6-9(7)20-12-16-10(18-14)15-11(17-12)19(2)3/h4-6H,14H2,1-3H3,(H,15,16,17,18). The summed E-state index contributed by atoms with van der Waals surface area (Å²) in [6.07, 6.45) is 0. The zero-order chi connectivity index (χ0) is 14.7. The lowest BCUT2D eigenvalue weighted by molar-refractivity contribution is 0.437. The number of hydrogen-bond donors (Lipinski definition) is 2. The van der Waals surface area contributed by atoms with Crippen LogP contribution in [0.15, 0.2) is 22.7 Å². The maximum Gasteiger partial charge on any atom is 0.328 e. The lowest BCUT2D eigenvalue weighted by atomic mass is 10.2. The van der Waals surface area contributed by atoms with Gasteiger partial charge in [-0.2, -0.15) is 15.0 Å². The van der Waals surface area contributed by atoms with Crippen LogP contribution >= 0.6 is 15.9 Å². The summed E-state index contributed by atoms with van der Waals surface area (Å²) in [4.78, 5) is 14.1. The molecule has 1 aromatic heterocycles. The second-order valence-electron chi connectivity index (χ2n) is 4.29. The number of nitrogens with two attached hydrogens (primary N) is 1. The van der Waals surface area contributed by atoms with Gasteiger partial charge in [0.05, 0.1) is 0 Å². The minimum absolute atomic E-state index is 0.179. The monoisotopic (exact) mass is 338 g/mol. The van der Waals surface area contributed by atoms with Gasteiger partial charge in [-0.25, -0.2) is 5.84 Å². The summed E-state index contributed by atoms with van der Waals surface area (Å²) in [5.41, 5.74) is 3.37. The summed E-state index contributed by atoms with van der Waals surface area (Å²) in [6, 6.07) is 5.91. The fourth-order valence-electron chi connectivity index (χ4n) is 1.44. The minimum atomic E-state index is 0.179. The first kappa shape index (κ1) is 14.5. The van der Waals surface area contributed by atoms with Crippen molar-refractivity contribution >= 4 is 27.8 Å². The molecule has 0 aliphatic rings. The molecule has 7 nitrogen and oxygen atoms in total. The average Bonchev–Trinajstić information content (AvgIpc) is 2.42. The number of nitrogen functional groups attached to an aromatic ring is 1. The number of halogens is 1. The van der Waals surface area contributed by atoms with Crippen molar-refractivity contribution in [3.05, 3.63) is 28.2 Å². The molecule has 0 fully saturated rings. The Morgan fingerprint density at radius 2 is 2.00 bits per heavy atom. The molecule has 8 heteroatoms. The van der Waals surface area contributed by atoms with E-state index >= 15 is 0 Å². The van der Waals surface area contributed by atoms with E-state index in [-0.39, 0.29) is 12.0 Å². The number of benzene rings is 1. The highest BCUT2D eigenvalue weighted by Crippen LogP contribution is 2.27. The Hall–Kier alpha value is -1.93. The Balaban J connectivity index is 2.37. The fourth-order valence-corrected chi connectivity index (χ4v) is 1.78. The number of anilines is 2. The molecule has 2 rings (SSSR count). The van der Waals surface area contributed by atoms with E-state index in [0.717, 1.165) is 10.0 Å².